The summed E-state index contributed by atoms with van der Waals surface area (Å²) in [5, 5.41) is 0. The number of aryl methyl sites for hydroxylation is 1. The van der Waals surface area contributed by atoms with Gasteiger partial charge in [-0.2, -0.15) is 0 Å². The van der Waals surface area contributed by atoms with E-state index >= 15 is 0 Å². The highest BCUT2D eigenvalue weighted by Crippen LogP contribution is 2.27. The topological polar surface area (TPSA) is 43.8 Å². The molecule has 3 nitrogen and oxygen atoms in total. The van der Waals surface area contributed by atoms with Gasteiger partial charge in [0.15, 0.2) is 0 Å². The lowest BCUT2D eigenvalue weighted by Gasteiger charge is -2.26. The number of aromatic nitrogens is 2. The third-order valence-electron chi connectivity index (χ3n) is 3.00. The maximum absolute atomic E-state index is 5.97. The van der Waals surface area contributed by atoms with Gasteiger partial charge in [-0.25, -0.2) is 4.98 Å². The van der Waals surface area contributed by atoms with Crippen LogP contribution in [0, 0.1) is 13.8 Å². The first-order chi connectivity index (χ1) is 6.09. The van der Waals surface area contributed by atoms with Crippen LogP contribution in [0.2, 0.25) is 0 Å². The van der Waals surface area contributed by atoms with Crippen LogP contribution in [0.5, 0.6) is 0 Å². The highest BCUT2D eigenvalue weighted by molar-refractivity contribution is 5.18. The molecule has 0 spiro atoms. The van der Waals surface area contributed by atoms with E-state index in [1.807, 2.05) is 0 Å². The molecular weight excluding hydrogens is 162 g/mol. The molecule has 1 aromatic heterocycles. The molecular formula is C10H17N3. The molecule has 0 saturated heterocycles. The van der Waals surface area contributed by atoms with Crippen molar-refractivity contribution in [1.82, 2.24) is 9.55 Å². The fraction of sp³-hybridized carbons (Fsp3) is 0.700. The molecule has 0 saturated carbocycles. The summed E-state index contributed by atoms with van der Waals surface area (Å²) in [4.78, 5) is 4.57. The molecule has 0 radical (unpaired) electrons. The van der Waals surface area contributed by atoms with Gasteiger partial charge in [-0.1, -0.05) is 6.92 Å². The number of hydrogen-bond donors (Lipinski definition) is 1. The summed E-state index contributed by atoms with van der Waals surface area (Å²) in [5.74, 6) is 1.73. The van der Waals surface area contributed by atoms with E-state index in [-0.39, 0.29) is 0 Å². The molecule has 2 rings (SSSR count). The fourth-order valence-electron chi connectivity index (χ4n) is 2.16. The molecule has 13 heavy (non-hydrogen) atoms. The molecule has 1 aliphatic heterocycles. The zero-order valence-electron chi connectivity index (χ0n) is 8.54. The van der Waals surface area contributed by atoms with Crippen LogP contribution in [0.3, 0.4) is 0 Å². The van der Waals surface area contributed by atoms with Crippen molar-refractivity contribution in [3.05, 3.63) is 17.2 Å². The molecule has 2 unspecified atom stereocenters. The molecule has 3 heteroatoms. The minimum atomic E-state index is 0.301. The average molecular weight is 179 g/mol. The smallest absolute Gasteiger partial charge is 0.112 e. The van der Waals surface area contributed by atoms with Gasteiger partial charge in [0.2, 0.25) is 0 Å². The Kier molecular flexibility index (Phi) is 1.91. The lowest BCUT2D eigenvalue weighted by atomic mass is 9.98. The number of nitrogens with two attached hydrogens (primary N) is 1. The molecule has 2 atom stereocenters. The van der Waals surface area contributed by atoms with Gasteiger partial charge in [0, 0.05) is 24.2 Å². The number of rotatable bonds is 0. The Balaban J connectivity index is 2.49. The summed E-state index contributed by atoms with van der Waals surface area (Å²) in [6.45, 7) is 7.33. The van der Waals surface area contributed by atoms with Crippen molar-refractivity contribution in [2.75, 3.05) is 0 Å². The van der Waals surface area contributed by atoms with Gasteiger partial charge in [-0.05, 0) is 20.3 Å². The van der Waals surface area contributed by atoms with Crippen molar-refractivity contribution in [2.24, 2.45) is 5.73 Å². The zero-order valence-corrected chi connectivity index (χ0v) is 8.54. The van der Waals surface area contributed by atoms with Crippen LogP contribution < -0.4 is 5.73 Å². The molecule has 0 fully saturated rings. The number of hydrogen-bond acceptors (Lipinski definition) is 2. The third-order valence-corrected chi connectivity index (χ3v) is 3.00. The molecule has 0 aromatic carbocycles. The first kappa shape index (κ1) is 8.75. The van der Waals surface area contributed by atoms with E-state index in [4.69, 9.17) is 5.73 Å². The Morgan fingerprint density at radius 2 is 2.15 bits per heavy atom. The summed E-state index contributed by atoms with van der Waals surface area (Å²) in [7, 11) is 0. The molecule has 0 bridgehead atoms. The van der Waals surface area contributed by atoms with Crippen molar-refractivity contribution in [2.45, 2.75) is 45.7 Å². The van der Waals surface area contributed by atoms with Crippen LogP contribution in [-0.2, 0) is 6.54 Å². The van der Waals surface area contributed by atoms with Crippen LogP contribution in [-0.4, -0.2) is 15.6 Å². The molecule has 2 N–H and O–H groups in total. The van der Waals surface area contributed by atoms with Crippen molar-refractivity contribution < 1.29 is 0 Å². The predicted molar refractivity (Wildman–Crippen MR) is 52.7 cm³/mol. The Morgan fingerprint density at radius 3 is 2.85 bits per heavy atom. The minimum Gasteiger partial charge on any atom is -0.330 e. The lowest BCUT2D eigenvalue weighted by Crippen LogP contribution is -2.34. The minimum absolute atomic E-state index is 0.301. The average Bonchev–Trinajstić information content (AvgIpc) is 2.32. The van der Waals surface area contributed by atoms with Gasteiger partial charge in [-0.15, -0.1) is 0 Å². The van der Waals surface area contributed by atoms with Gasteiger partial charge < -0.3 is 10.3 Å². The number of nitrogens with zero attached hydrogens (tertiary/aromatic N) is 2. The second-order valence-electron chi connectivity index (χ2n) is 4.15. The highest BCUT2D eigenvalue weighted by atomic mass is 15.1. The predicted octanol–water partition coefficient (Wildman–Crippen LogP) is 1.33. The molecule has 0 amide bonds. The summed E-state index contributed by atoms with van der Waals surface area (Å²) >= 11 is 0. The Labute approximate surface area is 79.0 Å². The van der Waals surface area contributed by atoms with Gasteiger partial charge in [0.1, 0.15) is 5.82 Å². The zero-order chi connectivity index (χ0) is 9.59. The Hall–Kier alpha value is -0.830. The van der Waals surface area contributed by atoms with Crippen LogP contribution >= 0.6 is 0 Å². The maximum atomic E-state index is 5.97. The van der Waals surface area contributed by atoms with Gasteiger partial charge >= 0.3 is 0 Å². The van der Waals surface area contributed by atoms with E-state index in [0.717, 1.165) is 18.7 Å². The van der Waals surface area contributed by atoms with Gasteiger partial charge in [-0.3, -0.25) is 0 Å². The highest BCUT2D eigenvalue weighted by Gasteiger charge is 2.25. The van der Waals surface area contributed by atoms with Gasteiger partial charge in [0.25, 0.3) is 0 Å². The largest absolute Gasteiger partial charge is 0.330 e. The quantitative estimate of drug-likeness (QED) is 0.653. The van der Waals surface area contributed by atoms with Crippen LogP contribution in [0.1, 0.15) is 36.5 Å². The molecule has 1 aromatic rings. The van der Waals surface area contributed by atoms with Crippen molar-refractivity contribution >= 4 is 0 Å². The second-order valence-corrected chi connectivity index (χ2v) is 4.15. The summed E-state index contributed by atoms with van der Waals surface area (Å²) in [5.41, 5.74) is 8.39. The molecule has 0 aliphatic carbocycles. The normalized spacial score (nSPS) is 27.4. The first-order valence-corrected chi connectivity index (χ1v) is 4.88. The van der Waals surface area contributed by atoms with Crippen molar-refractivity contribution in [1.29, 1.82) is 0 Å². The Bertz CT molecular complexity index is 327. The van der Waals surface area contributed by atoms with Crippen LogP contribution in [0.15, 0.2) is 0 Å². The Morgan fingerprint density at radius 1 is 1.46 bits per heavy atom. The number of fused-ring (bicyclic) bond motifs is 1. The van der Waals surface area contributed by atoms with E-state index in [2.05, 4.69) is 30.3 Å². The van der Waals surface area contributed by atoms with E-state index < -0.39 is 0 Å². The van der Waals surface area contributed by atoms with E-state index in [1.165, 1.54) is 11.5 Å². The molecule has 2 heterocycles. The van der Waals surface area contributed by atoms with Crippen molar-refractivity contribution in [3.63, 3.8) is 0 Å². The van der Waals surface area contributed by atoms with Crippen LogP contribution in [0.4, 0.5) is 0 Å². The SMILES string of the molecule is Cc1nc2n(c1C)CC(N)CC2C. The van der Waals surface area contributed by atoms with Crippen LogP contribution in [0.25, 0.3) is 0 Å². The standard InChI is InChI=1S/C10H17N3/c1-6-4-9(11)5-13-8(3)7(2)12-10(6)13/h6,9H,4-5,11H2,1-3H3. The van der Waals surface area contributed by atoms with E-state index in [0.29, 0.717) is 12.0 Å². The maximum Gasteiger partial charge on any atom is 0.112 e. The molecule has 72 valence electrons. The first-order valence-electron chi connectivity index (χ1n) is 4.88. The second kappa shape index (κ2) is 2.84. The fourth-order valence-corrected chi connectivity index (χ4v) is 2.16. The monoisotopic (exact) mass is 179 g/mol. The summed E-state index contributed by atoms with van der Waals surface area (Å²) < 4.78 is 2.27. The number of imidazole rings is 1. The summed E-state index contributed by atoms with van der Waals surface area (Å²) in [6.07, 6.45) is 1.07. The van der Waals surface area contributed by atoms with E-state index in [1.54, 1.807) is 0 Å². The molecule has 1 aliphatic rings. The third kappa shape index (κ3) is 1.27. The van der Waals surface area contributed by atoms with E-state index in [9.17, 15) is 0 Å². The van der Waals surface area contributed by atoms with Crippen molar-refractivity contribution in [3.8, 4) is 0 Å². The van der Waals surface area contributed by atoms with Gasteiger partial charge in [0.05, 0.1) is 5.69 Å². The summed E-state index contributed by atoms with van der Waals surface area (Å²) in [6, 6.07) is 0.301. The lowest BCUT2D eigenvalue weighted by molar-refractivity contribution is 0.403.